The molecule has 1 aliphatic heterocycles. The van der Waals surface area contributed by atoms with Crippen molar-refractivity contribution in [3.05, 3.63) is 48.0 Å². The molecule has 1 atom stereocenters. The topological polar surface area (TPSA) is 74.9 Å². The Balaban J connectivity index is 1.73. The monoisotopic (exact) mass is 343 g/mol. The first-order valence-corrected chi connectivity index (χ1v) is 8.15. The van der Waals surface area contributed by atoms with Crippen LogP contribution in [0, 0.1) is 5.92 Å². The van der Waals surface area contributed by atoms with Crippen LogP contribution in [-0.2, 0) is 16.1 Å². The average Bonchev–Trinajstić information content (AvgIpc) is 3.09. The number of rotatable bonds is 5. The first-order chi connectivity index (χ1) is 11.6. The van der Waals surface area contributed by atoms with Gasteiger partial charge in [0.25, 0.3) is 5.91 Å². The van der Waals surface area contributed by atoms with E-state index in [4.69, 9.17) is 16.6 Å². The second-order valence-electron chi connectivity index (χ2n) is 5.51. The molecule has 124 valence electrons. The molecule has 1 aromatic rings. The standard InChI is InChI=1S/C17H17N3O3S/c1-2-7-20-16(22)13-6-5-11(9-14(13)19-17(20)24)15(21)18-10-12-4-3-8-23-12/h3-6,8-9,13H,2,7,10H2,1H3,(H,18,21). The first kappa shape index (κ1) is 16.3. The molecule has 0 radical (unpaired) electrons. The number of nitrogens with one attached hydrogen (secondary N) is 1. The normalized spacial score (nSPS) is 19.7. The molecule has 0 saturated heterocycles. The summed E-state index contributed by atoms with van der Waals surface area (Å²) in [4.78, 5) is 30.6. The van der Waals surface area contributed by atoms with Crippen molar-refractivity contribution in [1.29, 1.82) is 0 Å². The Bertz CT molecular complexity index is 762. The van der Waals surface area contributed by atoms with Gasteiger partial charge in [0.05, 0.1) is 24.4 Å². The van der Waals surface area contributed by atoms with Gasteiger partial charge in [0.15, 0.2) is 0 Å². The fourth-order valence-electron chi connectivity index (χ4n) is 2.59. The van der Waals surface area contributed by atoms with Crippen LogP contribution in [0.4, 0.5) is 0 Å². The van der Waals surface area contributed by atoms with E-state index < -0.39 is 5.92 Å². The Morgan fingerprint density at radius 1 is 1.50 bits per heavy atom. The molecule has 2 aliphatic rings. The summed E-state index contributed by atoms with van der Waals surface area (Å²) < 4.78 is 5.18. The van der Waals surface area contributed by atoms with Crippen molar-refractivity contribution in [2.75, 3.05) is 6.54 Å². The molecule has 1 aromatic heterocycles. The third kappa shape index (κ3) is 3.21. The maximum absolute atomic E-state index is 12.5. The van der Waals surface area contributed by atoms with Crippen LogP contribution in [0.1, 0.15) is 19.1 Å². The van der Waals surface area contributed by atoms with E-state index in [1.165, 1.54) is 4.90 Å². The Kier molecular flexibility index (Phi) is 4.71. The molecule has 0 fully saturated rings. The smallest absolute Gasteiger partial charge is 0.251 e. The first-order valence-electron chi connectivity index (χ1n) is 7.74. The van der Waals surface area contributed by atoms with E-state index >= 15 is 0 Å². The highest BCUT2D eigenvalue weighted by Crippen LogP contribution is 2.22. The maximum Gasteiger partial charge on any atom is 0.251 e. The molecule has 24 heavy (non-hydrogen) atoms. The summed E-state index contributed by atoms with van der Waals surface area (Å²) >= 11 is 5.20. The molecule has 0 bridgehead atoms. The lowest BCUT2D eigenvalue weighted by molar-refractivity contribution is -0.128. The summed E-state index contributed by atoms with van der Waals surface area (Å²) in [5.74, 6) is -0.138. The van der Waals surface area contributed by atoms with Crippen molar-refractivity contribution >= 4 is 34.9 Å². The summed E-state index contributed by atoms with van der Waals surface area (Å²) in [7, 11) is 0. The van der Waals surface area contributed by atoms with E-state index in [1.54, 1.807) is 36.6 Å². The zero-order valence-electron chi connectivity index (χ0n) is 13.2. The third-order valence-corrected chi connectivity index (χ3v) is 4.10. The van der Waals surface area contributed by atoms with Crippen LogP contribution in [0.2, 0.25) is 0 Å². The number of nitrogens with zero attached hydrogens (tertiary/aromatic N) is 2. The van der Waals surface area contributed by atoms with Crippen LogP contribution in [0.5, 0.6) is 0 Å². The number of fused-ring (bicyclic) bond motifs is 1. The van der Waals surface area contributed by atoms with Gasteiger partial charge in [-0.05, 0) is 36.8 Å². The third-order valence-electron chi connectivity index (χ3n) is 3.79. The predicted molar refractivity (Wildman–Crippen MR) is 93.3 cm³/mol. The van der Waals surface area contributed by atoms with Crippen LogP contribution in [0.25, 0.3) is 0 Å². The molecule has 2 heterocycles. The number of hydrogen-bond donors (Lipinski definition) is 1. The lowest BCUT2D eigenvalue weighted by Gasteiger charge is -2.30. The fourth-order valence-corrected chi connectivity index (χ4v) is 2.88. The molecule has 0 spiro atoms. The van der Waals surface area contributed by atoms with Crippen LogP contribution >= 0.6 is 12.2 Å². The minimum absolute atomic E-state index is 0.0885. The predicted octanol–water partition coefficient (Wildman–Crippen LogP) is 1.99. The molecule has 6 nitrogen and oxygen atoms in total. The van der Waals surface area contributed by atoms with Crippen molar-refractivity contribution in [2.45, 2.75) is 19.9 Å². The fraction of sp³-hybridized carbons (Fsp3) is 0.294. The van der Waals surface area contributed by atoms with E-state index in [0.717, 1.165) is 6.42 Å². The van der Waals surface area contributed by atoms with Gasteiger partial charge >= 0.3 is 0 Å². The summed E-state index contributed by atoms with van der Waals surface area (Å²) in [6.07, 6.45) is 7.33. The number of carbonyl (C=O) groups is 2. The SMILES string of the molecule is CCCN1C(=O)C2C=CC(C(=O)NCc3ccco3)=CC2=NC1=S. The van der Waals surface area contributed by atoms with E-state index in [2.05, 4.69) is 10.3 Å². The number of carbonyl (C=O) groups excluding carboxylic acids is 2. The molecule has 2 amide bonds. The van der Waals surface area contributed by atoms with Gasteiger partial charge in [-0.25, -0.2) is 4.99 Å². The van der Waals surface area contributed by atoms with Gasteiger partial charge in [-0.2, -0.15) is 0 Å². The van der Waals surface area contributed by atoms with Crippen LogP contribution in [-0.4, -0.2) is 34.1 Å². The molecule has 1 unspecified atom stereocenters. The van der Waals surface area contributed by atoms with Gasteiger partial charge in [0.1, 0.15) is 5.76 Å². The van der Waals surface area contributed by atoms with Crippen molar-refractivity contribution in [2.24, 2.45) is 10.9 Å². The number of amides is 2. The molecule has 1 N–H and O–H groups in total. The van der Waals surface area contributed by atoms with E-state index in [9.17, 15) is 9.59 Å². The van der Waals surface area contributed by atoms with Crippen molar-refractivity contribution in [3.8, 4) is 0 Å². The largest absolute Gasteiger partial charge is 0.467 e. The lowest BCUT2D eigenvalue weighted by atomic mass is 9.91. The molecule has 7 heteroatoms. The summed E-state index contributed by atoms with van der Waals surface area (Å²) in [6, 6.07) is 3.54. The quantitative estimate of drug-likeness (QED) is 0.830. The summed E-state index contributed by atoms with van der Waals surface area (Å²) in [5.41, 5.74) is 0.957. The Hall–Kier alpha value is -2.54. The Morgan fingerprint density at radius 2 is 2.33 bits per heavy atom. The molecule has 0 saturated carbocycles. The maximum atomic E-state index is 12.5. The number of aliphatic imine (C=N–C) groups is 1. The van der Waals surface area contributed by atoms with Crippen molar-refractivity contribution in [1.82, 2.24) is 10.2 Å². The zero-order chi connectivity index (χ0) is 17.1. The highest BCUT2D eigenvalue weighted by Gasteiger charge is 2.34. The van der Waals surface area contributed by atoms with Crippen molar-refractivity contribution in [3.63, 3.8) is 0 Å². The van der Waals surface area contributed by atoms with Crippen molar-refractivity contribution < 1.29 is 14.0 Å². The van der Waals surface area contributed by atoms with Gasteiger partial charge < -0.3 is 9.73 Å². The van der Waals surface area contributed by atoms with Gasteiger partial charge in [0, 0.05) is 12.1 Å². The second kappa shape index (κ2) is 6.92. The van der Waals surface area contributed by atoms with Crippen LogP contribution < -0.4 is 5.32 Å². The summed E-state index contributed by atoms with van der Waals surface area (Å²) in [6.45, 7) is 2.83. The van der Waals surface area contributed by atoms with E-state index in [1.807, 2.05) is 6.92 Å². The Morgan fingerprint density at radius 3 is 3.04 bits per heavy atom. The summed E-state index contributed by atoms with van der Waals surface area (Å²) in [5, 5.41) is 3.03. The zero-order valence-corrected chi connectivity index (χ0v) is 14.0. The lowest BCUT2D eigenvalue weighted by Crippen LogP contribution is -2.46. The van der Waals surface area contributed by atoms with E-state index in [-0.39, 0.29) is 16.9 Å². The van der Waals surface area contributed by atoms with Gasteiger partial charge in [0.2, 0.25) is 11.0 Å². The molecule has 0 aromatic carbocycles. The number of allylic oxidation sites excluding steroid dienone is 1. The van der Waals surface area contributed by atoms with Gasteiger partial charge in [-0.3, -0.25) is 14.5 Å². The molecular formula is C17H17N3O3S. The Labute approximate surface area is 144 Å². The second-order valence-corrected chi connectivity index (χ2v) is 5.87. The minimum Gasteiger partial charge on any atom is -0.467 e. The molecule has 1 aliphatic carbocycles. The average molecular weight is 343 g/mol. The highest BCUT2D eigenvalue weighted by molar-refractivity contribution is 7.80. The molecule has 3 rings (SSSR count). The number of hydrogen-bond acceptors (Lipinski definition) is 4. The van der Waals surface area contributed by atoms with Gasteiger partial charge in [-0.1, -0.05) is 19.1 Å². The number of furan rings is 1. The van der Waals surface area contributed by atoms with Crippen LogP contribution in [0.3, 0.4) is 0 Å². The number of thiocarbonyl (C=S) groups is 1. The van der Waals surface area contributed by atoms with Gasteiger partial charge in [-0.15, -0.1) is 0 Å². The highest BCUT2D eigenvalue weighted by atomic mass is 32.1. The molecular weight excluding hydrogens is 326 g/mol. The van der Waals surface area contributed by atoms with E-state index in [0.29, 0.717) is 30.1 Å². The van der Waals surface area contributed by atoms with Crippen LogP contribution in [0.15, 0.2) is 51.6 Å². The minimum atomic E-state index is -0.468.